The van der Waals surface area contributed by atoms with Crippen molar-refractivity contribution in [1.29, 1.82) is 0 Å². The number of nitrogens with zero attached hydrogens (tertiary/aromatic N) is 3. The summed E-state index contributed by atoms with van der Waals surface area (Å²) >= 11 is 12.1. The summed E-state index contributed by atoms with van der Waals surface area (Å²) in [6.07, 6.45) is 3.45. The predicted molar refractivity (Wildman–Crippen MR) is 95.1 cm³/mol. The molecule has 0 fully saturated rings. The van der Waals surface area contributed by atoms with Crippen molar-refractivity contribution >= 4 is 35.3 Å². The second-order valence-electron chi connectivity index (χ2n) is 5.23. The predicted octanol–water partition coefficient (Wildman–Crippen LogP) is 3.77. The van der Waals surface area contributed by atoms with Crippen molar-refractivity contribution < 1.29 is 9.90 Å². The lowest BCUT2D eigenvalue weighted by Crippen LogP contribution is -2.17. The highest BCUT2D eigenvalue weighted by atomic mass is 35.5. The fraction of sp³-hybridized carbons (Fsp3) is 0.312. The maximum absolute atomic E-state index is 12.0. The summed E-state index contributed by atoms with van der Waals surface area (Å²) in [5.74, 6) is -0.743. The van der Waals surface area contributed by atoms with E-state index >= 15 is 0 Å². The van der Waals surface area contributed by atoms with Crippen LogP contribution < -0.4 is 5.43 Å². The molecule has 0 spiro atoms. The maximum Gasteiger partial charge on any atom is 0.275 e. The van der Waals surface area contributed by atoms with Gasteiger partial charge in [-0.15, -0.1) is 0 Å². The number of rotatable bonds is 6. The van der Waals surface area contributed by atoms with E-state index < -0.39 is 5.91 Å². The monoisotopic (exact) mass is 368 g/mol. The Bertz CT molecular complexity index is 772. The van der Waals surface area contributed by atoms with Gasteiger partial charge in [0.1, 0.15) is 10.9 Å². The third-order valence-electron chi connectivity index (χ3n) is 3.40. The second kappa shape index (κ2) is 8.17. The minimum absolute atomic E-state index is 0.0427. The van der Waals surface area contributed by atoms with Gasteiger partial charge in [0.2, 0.25) is 0 Å². The van der Waals surface area contributed by atoms with E-state index in [0.29, 0.717) is 15.7 Å². The van der Waals surface area contributed by atoms with Crippen LogP contribution in [-0.2, 0) is 6.54 Å². The van der Waals surface area contributed by atoms with Gasteiger partial charge in [-0.05, 0) is 31.5 Å². The fourth-order valence-corrected chi connectivity index (χ4v) is 2.56. The van der Waals surface area contributed by atoms with Crippen LogP contribution in [0.2, 0.25) is 10.2 Å². The number of hydrogen-bond donors (Lipinski definition) is 2. The van der Waals surface area contributed by atoms with Crippen molar-refractivity contribution in [2.45, 2.75) is 33.2 Å². The molecule has 2 N–H and O–H groups in total. The number of hydrazone groups is 1. The summed E-state index contributed by atoms with van der Waals surface area (Å²) in [6.45, 7) is 4.64. The number of phenolic OH excluding ortho intramolecular Hbond substituents is 1. The molecule has 0 saturated carbocycles. The van der Waals surface area contributed by atoms with E-state index in [4.69, 9.17) is 23.2 Å². The van der Waals surface area contributed by atoms with Crippen LogP contribution >= 0.6 is 23.2 Å². The number of hydrogen-bond acceptors (Lipinski definition) is 4. The zero-order valence-electron chi connectivity index (χ0n) is 13.4. The molecular formula is C16H18Cl2N4O2. The van der Waals surface area contributed by atoms with Gasteiger partial charge in [-0.25, -0.2) is 5.43 Å². The lowest BCUT2D eigenvalue weighted by Gasteiger charge is -2.03. The molecule has 8 heteroatoms. The Kier molecular flexibility index (Phi) is 6.23. The lowest BCUT2D eigenvalue weighted by molar-refractivity contribution is 0.0952. The van der Waals surface area contributed by atoms with Crippen molar-refractivity contribution in [3.8, 4) is 5.75 Å². The first kappa shape index (κ1) is 18.3. The van der Waals surface area contributed by atoms with Crippen LogP contribution in [0.25, 0.3) is 0 Å². The van der Waals surface area contributed by atoms with Gasteiger partial charge >= 0.3 is 0 Å². The van der Waals surface area contributed by atoms with Gasteiger partial charge in [0.25, 0.3) is 5.91 Å². The average Bonchev–Trinajstić information content (AvgIpc) is 2.82. The van der Waals surface area contributed by atoms with Gasteiger partial charge in [0.05, 0.1) is 23.0 Å². The van der Waals surface area contributed by atoms with Crippen LogP contribution in [-0.4, -0.2) is 27.0 Å². The fourth-order valence-electron chi connectivity index (χ4n) is 2.08. The first-order valence-electron chi connectivity index (χ1n) is 7.48. The number of amides is 1. The minimum atomic E-state index is -0.571. The Morgan fingerprint density at radius 3 is 2.92 bits per heavy atom. The number of aromatic hydroxyl groups is 1. The molecule has 2 aromatic rings. The molecule has 0 aliphatic rings. The molecule has 128 valence electrons. The first-order valence-corrected chi connectivity index (χ1v) is 8.24. The largest absolute Gasteiger partial charge is 0.507 e. The molecule has 1 amide bonds. The van der Waals surface area contributed by atoms with E-state index in [9.17, 15) is 9.90 Å². The van der Waals surface area contributed by atoms with Gasteiger partial charge in [-0.2, -0.15) is 10.2 Å². The van der Waals surface area contributed by atoms with E-state index in [1.807, 2.05) is 6.92 Å². The number of unbranched alkanes of at least 4 members (excludes halogenated alkanes) is 1. The number of phenols is 1. The third-order valence-corrected chi connectivity index (χ3v) is 4.03. The normalized spacial score (nSPS) is 11.2. The molecule has 0 bridgehead atoms. The zero-order valence-corrected chi connectivity index (χ0v) is 14.9. The number of carbonyl (C=O) groups excluding carboxylic acids is 1. The summed E-state index contributed by atoms with van der Waals surface area (Å²) < 4.78 is 1.71. The quantitative estimate of drug-likeness (QED) is 0.601. The smallest absolute Gasteiger partial charge is 0.275 e. The van der Waals surface area contributed by atoms with Crippen LogP contribution in [0.5, 0.6) is 5.75 Å². The molecule has 0 aliphatic carbocycles. The standard InChI is InChI=1S/C16H18Cl2N4O2/c1-3-4-7-22-15(18)13(10(2)21-22)9-19-20-16(24)12-8-11(17)5-6-14(12)23/h5-6,8-9,23H,3-4,7H2,1-2H3,(H,20,24)/b19-9-. The number of nitrogens with one attached hydrogen (secondary N) is 1. The van der Waals surface area contributed by atoms with Gasteiger partial charge < -0.3 is 5.11 Å². The lowest BCUT2D eigenvalue weighted by atomic mass is 10.2. The van der Waals surface area contributed by atoms with Gasteiger partial charge in [0, 0.05) is 11.6 Å². The molecule has 1 aromatic carbocycles. The molecule has 0 atom stereocenters. The van der Waals surface area contributed by atoms with E-state index in [1.54, 1.807) is 4.68 Å². The Morgan fingerprint density at radius 1 is 1.46 bits per heavy atom. The molecule has 24 heavy (non-hydrogen) atoms. The molecular weight excluding hydrogens is 351 g/mol. The van der Waals surface area contributed by atoms with Crippen LogP contribution in [0, 0.1) is 6.92 Å². The van der Waals surface area contributed by atoms with Crippen molar-refractivity contribution in [2.75, 3.05) is 0 Å². The third kappa shape index (κ3) is 4.27. The van der Waals surface area contributed by atoms with Crippen LogP contribution in [0.4, 0.5) is 0 Å². The Labute approximate surface area is 150 Å². The number of aryl methyl sites for hydroxylation is 2. The highest BCUT2D eigenvalue weighted by molar-refractivity contribution is 6.32. The summed E-state index contributed by atoms with van der Waals surface area (Å²) in [7, 11) is 0. The van der Waals surface area contributed by atoms with Crippen molar-refractivity contribution in [3.63, 3.8) is 0 Å². The summed E-state index contributed by atoms with van der Waals surface area (Å²) in [5, 5.41) is 18.8. The Hall–Kier alpha value is -2.05. The summed E-state index contributed by atoms with van der Waals surface area (Å²) in [5.41, 5.74) is 3.75. The van der Waals surface area contributed by atoms with Crippen molar-refractivity contribution in [3.05, 3.63) is 45.2 Å². The molecule has 0 aliphatic heterocycles. The number of aromatic nitrogens is 2. The minimum Gasteiger partial charge on any atom is -0.507 e. The van der Waals surface area contributed by atoms with E-state index in [-0.39, 0.29) is 11.3 Å². The molecule has 2 rings (SSSR count). The molecule has 1 heterocycles. The second-order valence-corrected chi connectivity index (χ2v) is 6.02. The Balaban J connectivity index is 2.10. The van der Waals surface area contributed by atoms with Crippen LogP contribution in [0.3, 0.4) is 0 Å². The zero-order chi connectivity index (χ0) is 17.7. The molecule has 1 aromatic heterocycles. The molecule has 6 nitrogen and oxygen atoms in total. The SMILES string of the molecule is CCCCn1nc(C)c(/C=N\NC(=O)c2cc(Cl)ccc2O)c1Cl. The topological polar surface area (TPSA) is 79.5 Å². The number of benzene rings is 1. The van der Waals surface area contributed by atoms with Crippen LogP contribution in [0.15, 0.2) is 23.3 Å². The van der Waals surface area contributed by atoms with E-state index in [1.165, 1.54) is 24.4 Å². The van der Waals surface area contributed by atoms with Gasteiger partial charge in [-0.1, -0.05) is 36.5 Å². The summed E-state index contributed by atoms with van der Waals surface area (Å²) in [4.78, 5) is 12.0. The number of carbonyl (C=O) groups is 1. The van der Waals surface area contributed by atoms with E-state index in [0.717, 1.165) is 25.1 Å². The Morgan fingerprint density at radius 2 is 2.21 bits per heavy atom. The molecule has 0 saturated heterocycles. The molecule has 0 radical (unpaired) electrons. The average molecular weight is 369 g/mol. The summed E-state index contributed by atoms with van der Waals surface area (Å²) in [6, 6.07) is 4.20. The van der Waals surface area contributed by atoms with Crippen molar-refractivity contribution in [2.24, 2.45) is 5.10 Å². The van der Waals surface area contributed by atoms with Crippen LogP contribution in [0.1, 0.15) is 41.4 Å². The van der Waals surface area contributed by atoms with Crippen molar-refractivity contribution in [1.82, 2.24) is 15.2 Å². The van der Waals surface area contributed by atoms with Gasteiger partial charge in [-0.3, -0.25) is 9.48 Å². The molecule has 0 unspecified atom stereocenters. The maximum atomic E-state index is 12.0. The first-order chi connectivity index (χ1) is 11.4. The number of halogens is 2. The van der Waals surface area contributed by atoms with Gasteiger partial charge in [0.15, 0.2) is 0 Å². The highest BCUT2D eigenvalue weighted by Crippen LogP contribution is 2.21. The van der Waals surface area contributed by atoms with E-state index in [2.05, 4.69) is 22.5 Å². The highest BCUT2D eigenvalue weighted by Gasteiger charge is 2.13.